The van der Waals surface area contributed by atoms with Gasteiger partial charge in [0.2, 0.25) is 0 Å². The molecule has 0 unspecified atom stereocenters. The van der Waals surface area contributed by atoms with E-state index in [1.165, 1.54) is 44.6 Å². The number of aromatic nitrogens is 3. The Morgan fingerprint density at radius 3 is 2.91 bits per heavy atom. The SMILES string of the molecule is CCC(CC)CN1CCC[C@H](c2nccn2Cc2cscn2)C1. The fraction of sp³-hybridized carbons (Fsp3) is 0.667. The predicted octanol–water partition coefficient (Wildman–Crippen LogP) is 4.00. The van der Waals surface area contributed by atoms with E-state index in [9.17, 15) is 0 Å². The number of hydrogen-bond acceptors (Lipinski definition) is 4. The first-order valence-electron chi connectivity index (χ1n) is 8.90. The van der Waals surface area contributed by atoms with Crippen LogP contribution < -0.4 is 0 Å². The molecule has 0 aromatic carbocycles. The van der Waals surface area contributed by atoms with Crippen LogP contribution in [0.4, 0.5) is 0 Å². The highest BCUT2D eigenvalue weighted by atomic mass is 32.1. The Labute approximate surface area is 143 Å². The summed E-state index contributed by atoms with van der Waals surface area (Å²) in [4.78, 5) is 11.8. The minimum absolute atomic E-state index is 0.562. The highest BCUT2D eigenvalue weighted by Crippen LogP contribution is 2.27. The van der Waals surface area contributed by atoms with Crippen LogP contribution in [0.15, 0.2) is 23.3 Å². The van der Waals surface area contributed by atoms with Gasteiger partial charge in [0.1, 0.15) is 5.82 Å². The number of hydrogen-bond donors (Lipinski definition) is 0. The first kappa shape index (κ1) is 16.7. The van der Waals surface area contributed by atoms with Gasteiger partial charge in [0, 0.05) is 36.8 Å². The lowest BCUT2D eigenvalue weighted by Gasteiger charge is -2.34. The Bertz CT molecular complexity index is 574. The van der Waals surface area contributed by atoms with Crippen LogP contribution in [0.3, 0.4) is 0 Å². The lowest BCUT2D eigenvalue weighted by Crippen LogP contribution is -2.38. The van der Waals surface area contributed by atoms with E-state index in [0.29, 0.717) is 5.92 Å². The molecule has 2 aromatic heterocycles. The molecule has 0 aliphatic carbocycles. The topological polar surface area (TPSA) is 34.0 Å². The van der Waals surface area contributed by atoms with Crippen molar-refractivity contribution in [1.82, 2.24) is 19.4 Å². The van der Waals surface area contributed by atoms with Crippen LogP contribution in [0.2, 0.25) is 0 Å². The molecule has 0 amide bonds. The summed E-state index contributed by atoms with van der Waals surface area (Å²) in [5, 5.41) is 2.13. The summed E-state index contributed by atoms with van der Waals surface area (Å²) in [6.45, 7) is 9.13. The third-order valence-corrected chi connectivity index (χ3v) is 5.74. The number of rotatable bonds is 7. The highest BCUT2D eigenvalue weighted by molar-refractivity contribution is 7.07. The van der Waals surface area contributed by atoms with Gasteiger partial charge in [-0.2, -0.15) is 0 Å². The molecule has 0 spiro atoms. The van der Waals surface area contributed by atoms with Crippen LogP contribution in [-0.2, 0) is 6.54 Å². The Kier molecular flexibility index (Phi) is 5.84. The van der Waals surface area contributed by atoms with Gasteiger partial charge in [-0.3, -0.25) is 0 Å². The highest BCUT2D eigenvalue weighted by Gasteiger charge is 2.25. The largest absolute Gasteiger partial charge is 0.329 e. The number of thiazole rings is 1. The minimum Gasteiger partial charge on any atom is -0.329 e. The molecule has 1 atom stereocenters. The zero-order chi connectivity index (χ0) is 16.1. The first-order valence-corrected chi connectivity index (χ1v) is 9.84. The van der Waals surface area contributed by atoms with Gasteiger partial charge in [0.05, 0.1) is 17.7 Å². The molecule has 1 saturated heterocycles. The third-order valence-electron chi connectivity index (χ3n) is 5.11. The van der Waals surface area contributed by atoms with Crippen LogP contribution in [0.25, 0.3) is 0 Å². The Morgan fingerprint density at radius 1 is 1.30 bits per heavy atom. The maximum atomic E-state index is 4.69. The number of likely N-dealkylation sites (tertiary alicyclic amines) is 1. The summed E-state index contributed by atoms with van der Waals surface area (Å²) >= 11 is 1.66. The van der Waals surface area contributed by atoms with Gasteiger partial charge in [0.15, 0.2) is 0 Å². The molecule has 0 saturated carbocycles. The second-order valence-electron chi connectivity index (χ2n) is 6.67. The molecule has 2 aromatic rings. The van der Waals surface area contributed by atoms with Gasteiger partial charge < -0.3 is 9.47 Å². The molecule has 1 aliphatic rings. The van der Waals surface area contributed by atoms with Gasteiger partial charge in [-0.05, 0) is 25.3 Å². The normalized spacial score (nSPS) is 19.5. The molecule has 4 nitrogen and oxygen atoms in total. The van der Waals surface area contributed by atoms with Crippen molar-refractivity contribution in [1.29, 1.82) is 0 Å². The summed E-state index contributed by atoms with van der Waals surface area (Å²) in [5.41, 5.74) is 3.04. The molecule has 3 heterocycles. The maximum Gasteiger partial charge on any atom is 0.113 e. The van der Waals surface area contributed by atoms with E-state index in [1.807, 2.05) is 11.7 Å². The van der Waals surface area contributed by atoms with E-state index in [4.69, 9.17) is 0 Å². The zero-order valence-corrected chi connectivity index (χ0v) is 15.1. The molecular formula is C18H28N4S. The van der Waals surface area contributed by atoms with Crippen LogP contribution in [-0.4, -0.2) is 39.1 Å². The Hall–Kier alpha value is -1.20. The quantitative estimate of drug-likeness (QED) is 0.768. The van der Waals surface area contributed by atoms with E-state index in [-0.39, 0.29) is 0 Å². The van der Waals surface area contributed by atoms with Crippen molar-refractivity contribution >= 4 is 11.3 Å². The molecule has 0 N–H and O–H groups in total. The molecule has 0 radical (unpaired) electrons. The summed E-state index contributed by atoms with van der Waals surface area (Å²) in [5.74, 6) is 2.64. The number of piperidine rings is 1. The van der Waals surface area contributed by atoms with Crippen LogP contribution in [0, 0.1) is 5.92 Å². The van der Waals surface area contributed by atoms with Crippen molar-refractivity contribution in [2.24, 2.45) is 5.92 Å². The van der Waals surface area contributed by atoms with Crippen molar-refractivity contribution in [2.75, 3.05) is 19.6 Å². The number of nitrogens with zero attached hydrogens (tertiary/aromatic N) is 4. The molecule has 5 heteroatoms. The fourth-order valence-corrected chi connectivity index (χ4v) is 4.20. The van der Waals surface area contributed by atoms with Crippen molar-refractivity contribution in [3.63, 3.8) is 0 Å². The van der Waals surface area contributed by atoms with Crippen molar-refractivity contribution < 1.29 is 0 Å². The lowest BCUT2D eigenvalue weighted by atomic mass is 9.95. The fourth-order valence-electron chi connectivity index (χ4n) is 3.65. The van der Waals surface area contributed by atoms with Crippen LogP contribution >= 0.6 is 11.3 Å². The van der Waals surface area contributed by atoms with Crippen molar-refractivity contribution in [2.45, 2.75) is 52.0 Å². The summed E-state index contributed by atoms with van der Waals surface area (Å²) < 4.78 is 2.29. The Balaban J connectivity index is 1.66. The molecule has 23 heavy (non-hydrogen) atoms. The van der Waals surface area contributed by atoms with Crippen molar-refractivity contribution in [3.05, 3.63) is 34.8 Å². The Morgan fingerprint density at radius 2 is 2.17 bits per heavy atom. The predicted molar refractivity (Wildman–Crippen MR) is 95.9 cm³/mol. The number of imidazole rings is 1. The monoisotopic (exact) mass is 332 g/mol. The van der Waals surface area contributed by atoms with E-state index in [2.05, 4.69) is 44.9 Å². The average molecular weight is 333 g/mol. The second-order valence-corrected chi connectivity index (χ2v) is 7.39. The second kappa shape index (κ2) is 8.06. The maximum absolute atomic E-state index is 4.69. The average Bonchev–Trinajstić information content (AvgIpc) is 3.25. The van der Waals surface area contributed by atoms with E-state index >= 15 is 0 Å². The first-order chi connectivity index (χ1) is 11.3. The third kappa shape index (κ3) is 4.21. The van der Waals surface area contributed by atoms with Gasteiger partial charge in [-0.25, -0.2) is 9.97 Å². The van der Waals surface area contributed by atoms with Crippen LogP contribution in [0.1, 0.15) is 57.0 Å². The van der Waals surface area contributed by atoms with E-state index < -0.39 is 0 Å². The molecule has 1 aliphatic heterocycles. The summed E-state index contributed by atoms with van der Waals surface area (Å²) in [6.07, 6.45) is 9.17. The molecular weight excluding hydrogens is 304 g/mol. The molecule has 1 fully saturated rings. The smallest absolute Gasteiger partial charge is 0.113 e. The lowest BCUT2D eigenvalue weighted by molar-refractivity contribution is 0.170. The molecule has 126 valence electrons. The summed E-state index contributed by atoms with van der Waals surface area (Å²) in [7, 11) is 0. The van der Waals surface area contributed by atoms with E-state index in [0.717, 1.165) is 24.7 Å². The minimum atomic E-state index is 0.562. The van der Waals surface area contributed by atoms with Gasteiger partial charge in [-0.1, -0.05) is 26.7 Å². The standard InChI is InChI=1S/C18H28N4S/c1-3-15(4-2)10-21-8-5-6-16(11-21)18-19-7-9-22(18)12-17-13-23-14-20-17/h7,9,13-16H,3-6,8,10-12H2,1-2H3/t16-/m0/s1. The zero-order valence-electron chi connectivity index (χ0n) is 14.3. The molecule has 0 bridgehead atoms. The van der Waals surface area contributed by atoms with Gasteiger partial charge >= 0.3 is 0 Å². The summed E-state index contributed by atoms with van der Waals surface area (Å²) in [6, 6.07) is 0. The van der Waals surface area contributed by atoms with Crippen LogP contribution in [0.5, 0.6) is 0 Å². The molecule has 3 rings (SSSR count). The van der Waals surface area contributed by atoms with Gasteiger partial charge in [-0.15, -0.1) is 11.3 Å². The van der Waals surface area contributed by atoms with E-state index in [1.54, 1.807) is 11.3 Å². The van der Waals surface area contributed by atoms with Crippen molar-refractivity contribution in [3.8, 4) is 0 Å². The van der Waals surface area contributed by atoms with Gasteiger partial charge in [0.25, 0.3) is 0 Å².